The predicted octanol–water partition coefficient (Wildman–Crippen LogP) is 1.22. The van der Waals surface area contributed by atoms with Crippen LogP contribution < -0.4 is 0 Å². The van der Waals surface area contributed by atoms with Gasteiger partial charge in [0.2, 0.25) is 0 Å². The van der Waals surface area contributed by atoms with Gasteiger partial charge in [-0.3, -0.25) is 4.79 Å². The lowest BCUT2D eigenvalue weighted by molar-refractivity contribution is -0.154. The van der Waals surface area contributed by atoms with Crippen molar-refractivity contribution in [2.24, 2.45) is 5.92 Å². The van der Waals surface area contributed by atoms with Crippen LogP contribution in [0, 0.1) is 5.92 Å². The molecule has 66 valence electrons. The van der Waals surface area contributed by atoms with Crippen LogP contribution in [0.4, 0.5) is 0 Å². The summed E-state index contributed by atoms with van der Waals surface area (Å²) in [6.07, 6.45) is -0.144. The summed E-state index contributed by atoms with van der Waals surface area (Å²) in [5.41, 5.74) is 0. The van der Waals surface area contributed by atoms with E-state index in [0.717, 1.165) is 0 Å². The fraction of sp³-hybridized carbons (Fsp3) is 0.875. The highest BCUT2D eigenvalue weighted by molar-refractivity contribution is 5.71. The molecule has 0 bridgehead atoms. The second-order valence-corrected chi connectivity index (χ2v) is 2.86. The average molecular weight is 160 g/mol. The molecule has 1 atom stereocenters. The summed E-state index contributed by atoms with van der Waals surface area (Å²) >= 11 is 0. The van der Waals surface area contributed by atoms with Crippen LogP contribution in [0.15, 0.2) is 0 Å². The molecule has 0 aromatic carbocycles. The molecule has 0 aromatic rings. The van der Waals surface area contributed by atoms with E-state index in [9.17, 15) is 4.79 Å². The van der Waals surface area contributed by atoms with E-state index in [0.29, 0.717) is 6.61 Å². The SMILES string of the molecule is COCC(C)OC(=O)C(C)C. The highest BCUT2D eigenvalue weighted by Gasteiger charge is 2.12. The van der Waals surface area contributed by atoms with Crippen molar-refractivity contribution in [3.63, 3.8) is 0 Å². The standard InChI is InChI=1S/C8H16O3/c1-6(2)8(9)11-7(3)5-10-4/h6-7H,5H2,1-4H3. The fourth-order valence-electron chi connectivity index (χ4n) is 0.603. The summed E-state index contributed by atoms with van der Waals surface area (Å²) in [4.78, 5) is 11.0. The van der Waals surface area contributed by atoms with Crippen molar-refractivity contribution < 1.29 is 14.3 Å². The zero-order valence-corrected chi connectivity index (χ0v) is 7.59. The number of esters is 1. The number of ether oxygens (including phenoxy) is 2. The third kappa shape index (κ3) is 4.79. The monoisotopic (exact) mass is 160 g/mol. The minimum absolute atomic E-state index is 0.0608. The van der Waals surface area contributed by atoms with Gasteiger partial charge in [-0.25, -0.2) is 0 Å². The van der Waals surface area contributed by atoms with Crippen LogP contribution >= 0.6 is 0 Å². The van der Waals surface area contributed by atoms with Gasteiger partial charge in [0, 0.05) is 7.11 Å². The molecule has 0 fully saturated rings. The van der Waals surface area contributed by atoms with E-state index in [1.807, 2.05) is 20.8 Å². The van der Waals surface area contributed by atoms with Crippen molar-refractivity contribution >= 4 is 5.97 Å². The molecule has 0 rings (SSSR count). The molecule has 0 saturated carbocycles. The van der Waals surface area contributed by atoms with Gasteiger partial charge in [0.25, 0.3) is 0 Å². The number of hydrogen-bond acceptors (Lipinski definition) is 3. The van der Waals surface area contributed by atoms with Crippen molar-refractivity contribution in [2.75, 3.05) is 13.7 Å². The van der Waals surface area contributed by atoms with Gasteiger partial charge >= 0.3 is 5.97 Å². The Morgan fingerprint density at radius 3 is 2.27 bits per heavy atom. The van der Waals surface area contributed by atoms with Gasteiger partial charge in [-0.1, -0.05) is 13.8 Å². The Morgan fingerprint density at radius 1 is 1.36 bits per heavy atom. The molecule has 0 radical (unpaired) electrons. The van der Waals surface area contributed by atoms with Crippen molar-refractivity contribution in [3.05, 3.63) is 0 Å². The van der Waals surface area contributed by atoms with E-state index in [4.69, 9.17) is 9.47 Å². The molecule has 0 aliphatic heterocycles. The molecule has 0 aliphatic carbocycles. The smallest absolute Gasteiger partial charge is 0.308 e. The Labute approximate surface area is 67.7 Å². The van der Waals surface area contributed by atoms with Gasteiger partial charge in [0.05, 0.1) is 12.5 Å². The van der Waals surface area contributed by atoms with Gasteiger partial charge < -0.3 is 9.47 Å². The average Bonchev–Trinajstić information content (AvgIpc) is 1.87. The lowest BCUT2D eigenvalue weighted by Crippen LogP contribution is -2.22. The van der Waals surface area contributed by atoms with Crippen LogP contribution in [-0.4, -0.2) is 25.8 Å². The molecule has 0 amide bonds. The first-order chi connectivity index (χ1) is 5.07. The molecule has 0 heterocycles. The summed E-state index contributed by atoms with van der Waals surface area (Å²) in [6.45, 7) is 5.88. The third-order valence-corrected chi connectivity index (χ3v) is 1.19. The minimum Gasteiger partial charge on any atom is -0.460 e. The largest absolute Gasteiger partial charge is 0.460 e. The van der Waals surface area contributed by atoms with Crippen LogP contribution in [0.1, 0.15) is 20.8 Å². The highest BCUT2D eigenvalue weighted by atomic mass is 16.6. The zero-order valence-electron chi connectivity index (χ0n) is 7.59. The van der Waals surface area contributed by atoms with Gasteiger partial charge in [-0.2, -0.15) is 0 Å². The Bertz CT molecular complexity index is 121. The van der Waals surface area contributed by atoms with Gasteiger partial charge in [-0.15, -0.1) is 0 Å². The van der Waals surface area contributed by atoms with Crippen LogP contribution in [0.25, 0.3) is 0 Å². The number of methoxy groups -OCH3 is 1. The van der Waals surface area contributed by atoms with Gasteiger partial charge in [0.15, 0.2) is 0 Å². The number of hydrogen-bond donors (Lipinski definition) is 0. The first kappa shape index (κ1) is 10.4. The Kier molecular flexibility index (Phi) is 4.86. The van der Waals surface area contributed by atoms with Crippen LogP contribution in [0.2, 0.25) is 0 Å². The molecule has 0 aliphatic rings. The van der Waals surface area contributed by atoms with Crippen molar-refractivity contribution in [1.29, 1.82) is 0 Å². The molecule has 3 nitrogen and oxygen atoms in total. The maximum Gasteiger partial charge on any atom is 0.308 e. The van der Waals surface area contributed by atoms with Crippen LogP contribution in [0.5, 0.6) is 0 Å². The Balaban J connectivity index is 3.57. The second-order valence-electron chi connectivity index (χ2n) is 2.86. The molecular formula is C8H16O3. The normalized spacial score (nSPS) is 13.2. The highest BCUT2D eigenvalue weighted by Crippen LogP contribution is 2.00. The van der Waals surface area contributed by atoms with Crippen molar-refractivity contribution in [2.45, 2.75) is 26.9 Å². The first-order valence-electron chi connectivity index (χ1n) is 3.77. The van der Waals surface area contributed by atoms with Crippen molar-refractivity contribution in [1.82, 2.24) is 0 Å². The summed E-state index contributed by atoms with van der Waals surface area (Å²) in [6, 6.07) is 0. The summed E-state index contributed by atoms with van der Waals surface area (Å²) in [5.74, 6) is -0.233. The number of carbonyl (C=O) groups is 1. The van der Waals surface area contributed by atoms with Crippen LogP contribution in [-0.2, 0) is 14.3 Å². The molecule has 11 heavy (non-hydrogen) atoms. The fourth-order valence-corrected chi connectivity index (χ4v) is 0.603. The van der Waals surface area contributed by atoms with Crippen molar-refractivity contribution in [3.8, 4) is 0 Å². The van der Waals surface area contributed by atoms with E-state index in [1.54, 1.807) is 7.11 Å². The predicted molar refractivity (Wildman–Crippen MR) is 42.3 cm³/mol. The second kappa shape index (κ2) is 5.13. The third-order valence-electron chi connectivity index (χ3n) is 1.19. The maximum absolute atomic E-state index is 11.0. The van der Waals surface area contributed by atoms with Gasteiger partial charge in [-0.05, 0) is 6.92 Å². The zero-order chi connectivity index (χ0) is 8.85. The van der Waals surface area contributed by atoms with E-state index in [2.05, 4.69) is 0 Å². The summed E-state index contributed by atoms with van der Waals surface area (Å²) < 4.78 is 9.80. The lowest BCUT2D eigenvalue weighted by Gasteiger charge is -2.13. The first-order valence-corrected chi connectivity index (χ1v) is 3.77. The molecule has 1 unspecified atom stereocenters. The van der Waals surface area contributed by atoms with E-state index in [-0.39, 0.29) is 18.0 Å². The van der Waals surface area contributed by atoms with Gasteiger partial charge in [0.1, 0.15) is 6.10 Å². The summed E-state index contributed by atoms with van der Waals surface area (Å²) in [7, 11) is 1.58. The molecule has 0 saturated heterocycles. The number of rotatable bonds is 4. The quantitative estimate of drug-likeness (QED) is 0.580. The Morgan fingerprint density at radius 2 is 1.91 bits per heavy atom. The number of carbonyl (C=O) groups excluding carboxylic acids is 1. The van der Waals surface area contributed by atoms with E-state index >= 15 is 0 Å². The summed E-state index contributed by atoms with van der Waals surface area (Å²) in [5, 5.41) is 0. The minimum atomic E-state index is -0.172. The molecular weight excluding hydrogens is 144 g/mol. The Hall–Kier alpha value is -0.570. The van der Waals surface area contributed by atoms with Crippen LogP contribution in [0.3, 0.4) is 0 Å². The molecule has 0 aromatic heterocycles. The van der Waals surface area contributed by atoms with E-state index in [1.165, 1.54) is 0 Å². The van der Waals surface area contributed by atoms with E-state index < -0.39 is 0 Å². The maximum atomic E-state index is 11.0. The molecule has 3 heteroatoms. The molecule has 0 spiro atoms. The topological polar surface area (TPSA) is 35.5 Å². The lowest BCUT2D eigenvalue weighted by atomic mass is 10.2. The molecule has 0 N–H and O–H groups in total.